The van der Waals surface area contributed by atoms with Crippen LogP contribution in [-0.4, -0.2) is 40.5 Å². The minimum Gasteiger partial charge on any atom is -0.497 e. The van der Waals surface area contributed by atoms with E-state index in [0.29, 0.717) is 39.0 Å². The Hall–Kier alpha value is -4.47. The molecular formula is C29H26F3NO6. The van der Waals surface area contributed by atoms with Crippen molar-refractivity contribution in [1.82, 2.24) is 4.57 Å². The van der Waals surface area contributed by atoms with Crippen molar-refractivity contribution in [2.75, 3.05) is 7.11 Å². The molecule has 4 aromatic rings. The lowest BCUT2D eigenvalue weighted by molar-refractivity contribution is -0.274. The van der Waals surface area contributed by atoms with Crippen molar-refractivity contribution in [3.63, 3.8) is 0 Å². The Bertz CT molecular complexity index is 1540. The molecule has 0 aliphatic carbocycles. The van der Waals surface area contributed by atoms with Crippen molar-refractivity contribution in [1.29, 1.82) is 0 Å². The number of benzene rings is 3. The number of methoxy groups -OCH3 is 1. The van der Waals surface area contributed by atoms with Crippen molar-refractivity contribution in [3.05, 3.63) is 89.1 Å². The van der Waals surface area contributed by atoms with Gasteiger partial charge in [-0.15, -0.1) is 13.2 Å². The molecule has 3 aromatic carbocycles. The smallest absolute Gasteiger partial charge is 0.497 e. The summed E-state index contributed by atoms with van der Waals surface area (Å²) in [5, 5.41) is 9.95. The highest BCUT2D eigenvalue weighted by Crippen LogP contribution is 2.35. The highest BCUT2D eigenvalue weighted by atomic mass is 19.4. The number of nitrogens with zero attached hydrogens (tertiary/aromatic N) is 1. The van der Waals surface area contributed by atoms with Gasteiger partial charge >= 0.3 is 12.3 Å². The van der Waals surface area contributed by atoms with Gasteiger partial charge in [0.25, 0.3) is 0 Å². The molecule has 1 heterocycles. The lowest BCUT2D eigenvalue weighted by Crippen LogP contribution is -2.38. The summed E-state index contributed by atoms with van der Waals surface area (Å²) in [7, 11) is 1.51. The van der Waals surface area contributed by atoms with Crippen molar-refractivity contribution in [2.45, 2.75) is 39.3 Å². The summed E-state index contributed by atoms with van der Waals surface area (Å²) < 4.78 is 55.8. The molecule has 0 aliphatic rings. The van der Waals surface area contributed by atoms with Gasteiger partial charge in [0.2, 0.25) is 0 Å². The fourth-order valence-corrected chi connectivity index (χ4v) is 4.25. The topological polar surface area (TPSA) is 87.0 Å². The molecule has 0 radical (unpaired) electrons. The molecule has 0 bridgehead atoms. The Labute approximate surface area is 222 Å². The number of halogens is 3. The van der Waals surface area contributed by atoms with Gasteiger partial charge in [0.05, 0.1) is 24.7 Å². The third-order valence-corrected chi connectivity index (χ3v) is 6.29. The van der Waals surface area contributed by atoms with Crippen LogP contribution in [0, 0.1) is 6.92 Å². The van der Waals surface area contributed by atoms with E-state index in [1.54, 1.807) is 60.0 Å². The number of aliphatic carboxylic acids is 1. The van der Waals surface area contributed by atoms with Crippen molar-refractivity contribution < 1.29 is 42.1 Å². The zero-order chi connectivity index (χ0) is 28.5. The van der Waals surface area contributed by atoms with E-state index in [1.165, 1.54) is 33.1 Å². The third kappa shape index (κ3) is 5.84. The second-order valence-electron chi connectivity index (χ2n) is 9.36. The fraction of sp³-hybridized carbons (Fsp3) is 0.241. The van der Waals surface area contributed by atoms with E-state index in [0.717, 1.165) is 6.07 Å². The lowest BCUT2D eigenvalue weighted by atomic mass is 10.0. The summed E-state index contributed by atoms with van der Waals surface area (Å²) in [5.74, 6) is -1.06. The predicted molar refractivity (Wildman–Crippen MR) is 138 cm³/mol. The van der Waals surface area contributed by atoms with Gasteiger partial charge in [-0.1, -0.05) is 18.2 Å². The molecule has 0 saturated heterocycles. The van der Waals surface area contributed by atoms with Gasteiger partial charge in [-0.3, -0.25) is 4.79 Å². The molecule has 0 unspecified atom stereocenters. The molecule has 204 valence electrons. The average Bonchev–Trinajstić information content (AvgIpc) is 3.14. The maximum absolute atomic E-state index is 13.6. The fourth-order valence-electron chi connectivity index (χ4n) is 4.25. The van der Waals surface area contributed by atoms with Gasteiger partial charge in [-0.25, -0.2) is 4.79 Å². The Morgan fingerprint density at radius 3 is 2.18 bits per heavy atom. The van der Waals surface area contributed by atoms with Crippen LogP contribution >= 0.6 is 0 Å². The number of fused-ring (bicyclic) bond motifs is 1. The molecule has 0 atom stereocenters. The van der Waals surface area contributed by atoms with Crippen LogP contribution in [0.15, 0.2) is 66.7 Å². The minimum absolute atomic E-state index is 0.0829. The number of hydrogen-bond acceptors (Lipinski definition) is 5. The van der Waals surface area contributed by atoms with Gasteiger partial charge in [-0.2, -0.15) is 0 Å². The highest BCUT2D eigenvalue weighted by molar-refractivity contribution is 6.17. The molecule has 39 heavy (non-hydrogen) atoms. The van der Waals surface area contributed by atoms with Crippen LogP contribution in [0.3, 0.4) is 0 Å². The summed E-state index contributed by atoms with van der Waals surface area (Å²) in [4.78, 5) is 25.3. The van der Waals surface area contributed by atoms with Crippen LogP contribution in [0.5, 0.6) is 17.2 Å². The first-order chi connectivity index (χ1) is 18.3. The van der Waals surface area contributed by atoms with Gasteiger partial charge in [-0.05, 0) is 63.2 Å². The normalized spacial score (nSPS) is 11.9. The molecule has 7 nitrogen and oxygen atoms in total. The predicted octanol–water partition coefficient (Wildman–Crippen LogP) is 6.38. The molecule has 10 heteroatoms. The Morgan fingerprint density at radius 1 is 0.923 bits per heavy atom. The first-order valence-electron chi connectivity index (χ1n) is 11.9. The summed E-state index contributed by atoms with van der Waals surface area (Å²) in [5.41, 5.74) is 0.559. The van der Waals surface area contributed by atoms with E-state index in [9.17, 15) is 27.9 Å². The summed E-state index contributed by atoms with van der Waals surface area (Å²) >= 11 is 0. The third-order valence-electron chi connectivity index (χ3n) is 6.29. The minimum atomic E-state index is -4.90. The number of carboxylic acid groups (broad SMARTS) is 1. The molecule has 0 fully saturated rings. The standard InChI is InChI=1S/C29H26F3NO6/c1-17-25(26(34)18-9-11-20(37-4)12-10-18)22-14-13-21(38-29(30,31)32)15-23(22)33(17)16-19-7-5-6-8-24(19)39-28(2,3)27(35)36/h5-15H,16H2,1-4H3,(H,35,36). The Balaban J connectivity index is 1.86. The quantitative estimate of drug-likeness (QED) is 0.248. The van der Waals surface area contributed by atoms with Crippen molar-refractivity contribution >= 4 is 22.7 Å². The van der Waals surface area contributed by atoms with Crippen LogP contribution in [0.1, 0.15) is 41.0 Å². The number of carbonyl (C=O) groups is 2. The van der Waals surface area contributed by atoms with E-state index in [1.807, 2.05) is 0 Å². The second-order valence-corrected chi connectivity index (χ2v) is 9.36. The van der Waals surface area contributed by atoms with E-state index in [4.69, 9.17) is 9.47 Å². The first kappa shape index (κ1) is 27.6. The highest BCUT2D eigenvalue weighted by Gasteiger charge is 2.32. The maximum Gasteiger partial charge on any atom is 0.573 e. The number of para-hydroxylation sites is 1. The number of carboxylic acids is 1. The number of alkyl halides is 3. The molecule has 1 aromatic heterocycles. The van der Waals surface area contributed by atoms with Gasteiger partial charge < -0.3 is 23.9 Å². The first-order valence-corrected chi connectivity index (χ1v) is 11.9. The number of ether oxygens (including phenoxy) is 3. The van der Waals surface area contributed by atoms with E-state index >= 15 is 0 Å². The Kier molecular flexibility index (Phi) is 7.32. The van der Waals surface area contributed by atoms with Gasteiger partial charge in [0.15, 0.2) is 11.4 Å². The molecule has 0 spiro atoms. The Morgan fingerprint density at radius 2 is 1.56 bits per heavy atom. The van der Waals surface area contributed by atoms with Crippen LogP contribution in [0.2, 0.25) is 0 Å². The molecule has 0 saturated carbocycles. The van der Waals surface area contributed by atoms with Crippen LogP contribution in [-0.2, 0) is 11.3 Å². The number of aromatic nitrogens is 1. The van der Waals surface area contributed by atoms with Crippen LogP contribution in [0.4, 0.5) is 13.2 Å². The summed E-state index contributed by atoms with van der Waals surface area (Å²) in [6.45, 7) is 4.61. The zero-order valence-electron chi connectivity index (χ0n) is 21.6. The number of ketones is 1. The van der Waals surface area contributed by atoms with E-state index in [-0.39, 0.29) is 18.1 Å². The van der Waals surface area contributed by atoms with Crippen molar-refractivity contribution in [2.24, 2.45) is 0 Å². The molecular weight excluding hydrogens is 515 g/mol. The summed E-state index contributed by atoms with van der Waals surface area (Å²) in [6.07, 6.45) is -4.90. The number of hydrogen-bond donors (Lipinski definition) is 1. The number of rotatable bonds is 9. The monoisotopic (exact) mass is 541 g/mol. The molecule has 1 N–H and O–H groups in total. The maximum atomic E-state index is 13.6. The average molecular weight is 542 g/mol. The molecule has 4 rings (SSSR count). The van der Waals surface area contributed by atoms with Gasteiger partial charge in [0.1, 0.15) is 17.2 Å². The summed E-state index contributed by atoms with van der Waals surface area (Å²) in [6, 6.07) is 17.1. The second kappa shape index (κ2) is 10.4. The van der Waals surface area contributed by atoms with E-state index < -0.39 is 23.7 Å². The van der Waals surface area contributed by atoms with Crippen molar-refractivity contribution in [3.8, 4) is 17.2 Å². The van der Waals surface area contributed by atoms with Gasteiger partial charge in [0, 0.05) is 28.3 Å². The largest absolute Gasteiger partial charge is 0.573 e. The van der Waals surface area contributed by atoms with E-state index in [2.05, 4.69) is 4.74 Å². The number of carbonyl (C=O) groups excluding carboxylic acids is 1. The molecule has 0 aliphatic heterocycles. The SMILES string of the molecule is COc1ccc(C(=O)c2c(C)n(Cc3ccccc3OC(C)(C)C(=O)O)c3cc(OC(F)(F)F)ccc23)cc1. The molecule has 0 amide bonds. The lowest BCUT2D eigenvalue weighted by Gasteiger charge is -2.23. The zero-order valence-corrected chi connectivity index (χ0v) is 21.6. The van der Waals surface area contributed by atoms with Crippen LogP contribution in [0.25, 0.3) is 10.9 Å². The van der Waals surface area contributed by atoms with Crippen LogP contribution < -0.4 is 14.2 Å².